The Morgan fingerprint density at radius 3 is 2.68 bits per heavy atom. The van der Waals surface area contributed by atoms with Crippen LogP contribution in [0.3, 0.4) is 0 Å². The van der Waals surface area contributed by atoms with Crippen molar-refractivity contribution in [2.75, 3.05) is 25.1 Å². The molecular formula is C18H18N2O5. The van der Waals surface area contributed by atoms with Gasteiger partial charge in [-0.25, -0.2) is 0 Å². The van der Waals surface area contributed by atoms with E-state index in [0.717, 1.165) is 0 Å². The molecule has 0 saturated carbocycles. The molecular weight excluding hydrogens is 324 g/mol. The summed E-state index contributed by atoms with van der Waals surface area (Å²) in [6.45, 7) is 2.27. The van der Waals surface area contributed by atoms with E-state index in [1.165, 1.54) is 19.1 Å². The van der Waals surface area contributed by atoms with Gasteiger partial charge in [0.2, 0.25) is 0 Å². The lowest BCUT2D eigenvalue weighted by molar-refractivity contribution is -0.384. The Morgan fingerprint density at radius 2 is 2.00 bits per heavy atom. The Bertz CT molecular complexity index is 821. The monoisotopic (exact) mass is 342 g/mol. The average molecular weight is 342 g/mol. The zero-order valence-corrected chi connectivity index (χ0v) is 14.0. The van der Waals surface area contributed by atoms with Gasteiger partial charge in [0.05, 0.1) is 11.5 Å². The van der Waals surface area contributed by atoms with E-state index in [4.69, 9.17) is 9.47 Å². The Morgan fingerprint density at radius 1 is 1.28 bits per heavy atom. The van der Waals surface area contributed by atoms with Crippen LogP contribution in [0.1, 0.15) is 17.3 Å². The number of para-hydroxylation sites is 2. The van der Waals surface area contributed by atoms with Gasteiger partial charge in [0, 0.05) is 30.4 Å². The fourth-order valence-corrected chi connectivity index (χ4v) is 2.81. The van der Waals surface area contributed by atoms with Crippen molar-refractivity contribution < 1.29 is 19.2 Å². The van der Waals surface area contributed by atoms with Gasteiger partial charge in [-0.3, -0.25) is 14.9 Å². The summed E-state index contributed by atoms with van der Waals surface area (Å²) >= 11 is 0. The van der Waals surface area contributed by atoms with Crippen molar-refractivity contribution in [1.82, 2.24) is 0 Å². The van der Waals surface area contributed by atoms with E-state index in [2.05, 4.69) is 0 Å². The number of ether oxygens (including phenoxy) is 2. The van der Waals surface area contributed by atoms with Gasteiger partial charge in [0.15, 0.2) is 23.4 Å². The normalized spacial score (nSPS) is 15.5. The molecule has 1 aliphatic heterocycles. The van der Waals surface area contributed by atoms with E-state index in [0.29, 0.717) is 35.9 Å². The molecule has 1 unspecified atom stereocenters. The van der Waals surface area contributed by atoms with Crippen molar-refractivity contribution in [3.05, 3.63) is 58.1 Å². The van der Waals surface area contributed by atoms with Crippen LogP contribution in [0.5, 0.6) is 11.5 Å². The average Bonchev–Trinajstić information content (AvgIpc) is 2.60. The van der Waals surface area contributed by atoms with E-state index in [-0.39, 0.29) is 17.6 Å². The number of carbonyl (C=O) groups excluding carboxylic acids is 1. The van der Waals surface area contributed by atoms with Gasteiger partial charge in [-0.1, -0.05) is 12.1 Å². The molecule has 130 valence electrons. The summed E-state index contributed by atoms with van der Waals surface area (Å²) in [5.41, 5.74) is 0.836. The highest BCUT2D eigenvalue weighted by atomic mass is 16.6. The number of likely N-dealkylation sites (N-methyl/N-ethyl adjacent to an activating group) is 1. The van der Waals surface area contributed by atoms with Crippen LogP contribution in [0, 0.1) is 10.1 Å². The van der Waals surface area contributed by atoms with Crippen LogP contribution < -0.4 is 14.4 Å². The zero-order valence-electron chi connectivity index (χ0n) is 14.0. The first-order valence-electron chi connectivity index (χ1n) is 7.84. The zero-order chi connectivity index (χ0) is 18.0. The number of ketones is 1. The Kier molecular flexibility index (Phi) is 4.56. The number of hydrogen-bond acceptors (Lipinski definition) is 6. The second-order valence-corrected chi connectivity index (χ2v) is 5.89. The Hall–Kier alpha value is -3.09. The van der Waals surface area contributed by atoms with Gasteiger partial charge in [-0.05, 0) is 25.1 Å². The van der Waals surface area contributed by atoms with Crippen molar-refractivity contribution in [3.8, 4) is 11.5 Å². The molecule has 25 heavy (non-hydrogen) atoms. The SMILES string of the molecule is CC(=O)c1cc([N+](=O)[O-])ccc1N(C)CC1COc2ccccc2O1. The third-order valence-corrected chi connectivity index (χ3v) is 4.03. The summed E-state index contributed by atoms with van der Waals surface area (Å²) < 4.78 is 11.6. The highest BCUT2D eigenvalue weighted by Crippen LogP contribution is 2.32. The van der Waals surface area contributed by atoms with E-state index >= 15 is 0 Å². The van der Waals surface area contributed by atoms with Gasteiger partial charge in [-0.2, -0.15) is 0 Å². The summed E-state index contributed by atoms with van der Waals surface area (Å²) in [7, 11) is 1.82. The van der Waals surface area contributed by atoms with Gasteiger partial charge < -0.3 is 14.4 Å². The number of hydrogen-bond donors (Lipinski definition) is 0. The molecule has 2 aromatic carbocycles. The number of nitro benzene ring substituents is 1. The molecule has 1 aliphatic rings. The van der Waals surface area contributed by atoms with E-state index in [9.17, 15) is 14.9 Å². The van der Waals surface area contributed by atoms with Crippen molar-refractivity contribution in [3.63, 3.8) is 0 Å². The minimum Gasteiger partial charge on any atom is -0.486 e. The van der Waals surface area contributed by atoms with E-state index in [1.807, 2.05) is 36.2 Å². The van der Waals surface area contributed by atoms with Crippen LogP contribution in [0.25, 0.3) is 0 Å². The summed E-state index contributed by atoms with van der Waals surface area (Å²) in [6.07, 6.45) is -0.213. The van der Waals surface area contributed by atoms with Crippen LogP contribution in [0.4, 0.5) is 11.4 Å². The molecule has 7 nitrogen and oxygen atoms in total. The van der Waals surface area contributed by atoms with Crippen molar-refractivity contribution in [1.29, 1.82) is 0 Å². The number of Topliss-reactive ketones (excluding diaryl/α,β-unsaturated/α-hetero) is 1. The molecule has 0 aromatic heterocycles. The van der Waals surface area contributed by atoms with E-state index in [1.54, 1.807) is 6.07 Å². The number of non-ortho nitro benzene ring substituents is 1. The van der Waals surface area contributed by atoms with Crippen LogP contribution in [0.15, 0.2) is 42.5 Å². The van der Waals surface area contributed by atoms with Crippen LogP contribution in [-0.2, 0) is 0 Å². The molecule has 0 saturated heterocycles. The predicted molar refractivity (Wildman–Crippen MR) is 92.7 cm³/mol. The van der Waals surface area contributed by atoms with Gasteiger partial charge >= 0.3 is 0 Å². The van der Waals surface area contributed by atoms with Gasteiger partial charge in [0.1, 0.15) is 6.61 Å². The minimum absolute atomic E-state index is 0.103. The maximum atomic E-state index is 11.9. The molecule has 1 heterocycles. The van der Waals surface area contributed by atoms with Crippen molar-refractivity contribution in [2.45, 2.75) is 13.0 Å². The summed E-state index contributed by atoms with van der Waals surface area (Å²) in [5, 5.41) is 10.9. The predicted octanol–water partition coefficient (Wildman–Crippen LogP) is 3.07. The molecule has 0 spiro atoms. The van der Waals surface area contributed by atoms with Crippen LogP contribution in [-0.4, -0.2) is 37.0 Å². The van der Waals surface area contributed by atoms with Crippen molar-refractivity contribution >= 4 is 17.2 Å². The quantitative estimate of drug-likeness (QED) is 0.472. The number of nitro groups is 1. The summed E-state index contributed by atoms with van der Waals surface area (Å²) in [4.78, 5) is 24.2. The molecule has 0 radical (unpaired) electrons. The topological polar surface area (TPSA) is 81.9 Å². The second kappa shape index (κ2) is 6.80. The highest BCUT2D eigenvalue weighted by molar-refractivity contribution is 6.00. The van der Waals surface area contributed by atoms with Crippen LogP contribution >= 0.6 is 0 Å². The number of anilines is 1. The lowest BCUT2D eigenvalue weighted by atomic mass is 10.1. The van der Waals surface area contributed by atoms with Gasteiger partial charge in [-0.15, -0.1) is 0 Å². The molecule has 2 aromatic rings. The molecule has 7 heteroatoms. The largest absolute Gasteiger partial charge is 0.486 e. The summed E-state index contributed by atoms with van der Waals surface area (Å²) in [6, 6.07) is 11.7. The first kappa shape index (κ1) is 16.8. The Balaban J connectivity index is 1.79. The first-order chi connectivity index (χ1) is 12.0. The lowest BCUT2D eigenvalue weighted by Crippen LogP contribution is -2.39. The molecule has 3 rings (SSSR count). The maximum Gasteiger partial charge on any atom is 0.270 e. The number of fused-ring (bicyclic) bond motifs is 1. The van der Waals surface area contributed by atoms with Crippen LogP contribution in [0.2, 0.25) is 0 Å². The van der Waals surface area contributed by atoms with Crippen molar-refractivity contribution in [2.24, 2.45) is 0 Å². The minimum atomic E-state index is -0.509. The third kappa shape index (κ3) is 3.55. The van der Waals surface area contributed by atoms with Gasteiger partial charge in [0.25, 0.3) is 5.69 Å². The number of nitrogens with zero attached hydrogens (tertiary/aromatic N) is 2. The molecule has 0 amide bonds. The number of carbonyl (C=O) groups is 1. The van der Waals surface area contributed by atoms with E-state index < -0.39 is 4.92 Å². The molecule has 0 fully saturated rings. The Labute approximate surface area is 144 Å². The standard InChI is InChI=1S/C18H18N2O5/c1-12(21)15-9-13(20(22)23)7-8-16(15)19(2)10-14-11-24-17-5-3-4-6-18(17)25-14/h3-9,14H,10-11H2,1-2H3. The lowest BCUT2D eigenvalue weighted by Gasteiger charge is -2.31. The molecule has 0 bridgehead atoms. The fraction of sp³-hybridized carbons (Fsp3) is 0.278. The molecule has 1 atom stereocenters. The number of benzene rings is 2. The molecule has 0 N–H and O–H groups in total. The highest BCUT2D eigenvalue weighted by Gasteiger charge is 2.24. The summed E-state index contributed by atoms with van der Waals surface area (Å²) in [5.74, 6) is 1.17. The second-order valence-electron chi connectivity index (χ2n) is 5.89. The fourth-order valence-electron chi connectivity index (χ4n) is 2.81. The molecule has 0 aliphatic carbocycles. The third-order valence-electron chi connectivity index (χ3n) is 4.03. The smallest absolute Gasteiger partial charge is 0.270 e. The first-order valence-corrected chi connectivity index (χ1v) is 7.84. The maximum absolute atomic E-state index is 11.9. The number of rotatable bonds is 5.